The van der Waals surface area contributed by atoms with E-state index in [1.807, 2.05) is 0 Å². The molecule has 0 spiro atoms. The molecule has 1 aromatic rings. The highest BCUT2D eigenvalue weighted by Gasteiger charge is 2.28. The highest BCUT2D eigenvalue weighted by Crippen LogP contribution is 2.18. The first-order chi connectivity index (χ1) is 10.2. The van der Waals surface area contributed by atoms with E-state index in [0.717, 1.165) is 5.56 Å². The Morgan fingerprint density at radius 1 is 1.36 bits per heavy atom. The maximum absolute atomic E-state index is 12.0. The Kier molecular flexibility index (Phi) is 6.48. The van der Waals surface area contributed by atoms with Crippen molar-refractivity contribution in [1.29, 1.82) is 0 Å². The Hall–Kier alpha value is -1.96. The first kappa shape index (κ1) is 18.1. The second-order valence-corrected chi connectivity index (χ2v) is 4.94. The molecule has 2 amide bonds. The summed E-state index contributed by atoms with van der Waals surface area (Å²) in [5, 5.41) is 11.8. The number of hydrogen-bond acceptors (Lipinski definition) is 3. The molecule has 1 atom stereocenters. The van der Waals surface area contributed by atoms with E-state index in [0.29, 0.717) is 0 Å². The Bertz CT molecular complexity index is 475. The second-order valence-electron chi connectivity index (χ2n) is 4.94. The fraction of sp³-hybridized carbons (Fsp3) is 0.500. The summed E-state index contributed by atoms with van der Waals surface area (Å²) in [4.78, 5) is 13.0. The smallest absolute Gasteiger partial charge is 0.422 e. The Labute approximate surface area is 126 Å². The van der Waals surface area contributed by atoms with Crippen LogP contribution in [0.3, 0.4) is 0 Å². The average Bonchev–Trinajstić information content (AvgIpc) is 2.42. The van der Waals surface area contributed by atoms with Gasteiger partial charge in [-0.25, -0.2) is 4.79 Å². The van der Waals surface area contributed by atoms with Crippen molar-refractivity contribution in [2.24, 2.45) is 0 Å². The van der Waals surface area contributed by atoms with E-state index < -0.39 is 18.9 Å². The largest absolute Gasteiger partial charge is 0.484 e. The third kappa shape index (κ3) is 7.16. The highest BCUT2D eigenvalue weighted by atomic mass is 19.4. The first-order valence-electron chi connectivity index (χ1n) is 6.63. The number of urea groups is 1. The van der Waals surface area contributed by atoms with Gasteiger partial charge in [-0.3, -0.25) is 0 Å². The van der Waals surface area contributed by atoms with Gasteiger partial charge in [0.15, 0.2) is 6.61 Å². The molecule has 5 nitrogen and oxygen atoms in total. The SMILES string of the molecule is CC(O)CN(C)C(=O)NCc1ccc(OCC(F)(F)F)cc1. The van der Waals surface area contributed by atoms with Gasteiger partial charge >= 0.3 is 12.2 Å². The molecule has 2 N–H and O–H groups in total. The van der Waals surface area contributed by atoms with Gasteiger partial charge < -0.3 is 20.1 Å². The van der Waals surface area contributed by atoms with Gasteiger partial charge in [0.25, 0.3) is 0 Å². The molecule has 22 heavy (non-hydrogen) atoms. The normalized spacial score (nSPS) is 12.6. The molecule has 0 saturated heterocycles. The lowest BCUT2D eigenvalue weighted by Gasteiger charge is -2.19. The fourth-order valence-electron chi connectivity index (χ4n) is 1.66. The minimum atomic E-state index is -4.37. The van der Waals surface area contributed by atoms with E-state index in [1.165, 1.54) is 17.0 Å². The zero-order valence-corrected chi connectivity index (χ0v) is 12.4. The van der Waals surface area contributed by atoms with Crippen LogP contribution in [-0.2, 0) is 6.54 Å². The monoisotopic (exact) mass is 320 g/mol. The van der Waals surface area contributed by atoms with Gasteiger partial charge in [-0.1, -0.05) is 12.1 Å². The number of ether oxygens (including phenoxy) is 1. The van der Waals surface area contributed by atoms with Gasteiger partial charge in [-0.2, -0.15) is 13.2 Å². The predicted molar refractivity (Wildman–Crippen MR) is 74.5 cm³/mol. The van der Waals surface area contributed by atoms with Crippen LogP contribution >= 0.6 is 0 Å². The lowest BCUT2D eigenvalue weighted by Crippen LogP contribution is -2.40. The predicted octanol–water partition coefficient (Wildman–Crippen LogP) is 2.15. The molecule has 0 heterocycles. The molecule has 1 unspecified atom stereocenters. The summed E-state index contributed by atoms with van der Waals surface area (Å²) < 4.78 is 40.6. The van der Waals surface area contributed by atoms with Crippen molar-refractivity contribution >= 4 is 6.03 Å². The molecule has 0 bridgehead atoms. The van der Waals surface area contributed by atoms with Crippen molar-refractivity contribution in [2.75, 3.05) is 20.2 Å². The third-order valence-corrected chi connectivity index (χ3v) is 2.65. The summed E-state index contributed by atoms with van der Waals surface area (Å²) in [6.45, 7) is 0.662. The summed E-state index contributed by atoms with van der Waals surface area (Å²) in [5.41, 5.74) is 0.721. The molecule has 0 radical (unpaired) electrons. The third-order valence-electron chi connectivity index (χ3n) is 2.65. The number of rotatable bonds is 6. The van der Waals surface area contributed by atoms with Gasteiger partial charge in [0.2, 0.25) is 0 Å². The molecule has 0 aliphatic heterocycles. The molecule has 0 aliphatic rings. The number of amides is 2. The molecule has 124 valence electrons. The van der Waals surface area contributed by atoms with Gasteiger partial charge in [-0.15, -0.1) is 0 Å². The summed E-state index contributed by atoms with van der Waals surface area (Å²) in [5.74, 6) is 0.110. The van der Waals surface area contributed by atoms with Crippen LogP contribution in [0, 0.1) is 0 Å². The van der Waals surface area contributed by atoms with Crippen LogP contribution in [0.4, 0.5) is 18.0 Å². The number of alkyl halides is 3. The maximum atomic E-state index is 12.0. The average molecular weight is 320 g/mol. The quantitative estimate of drug-likeness (QED) is 0.844. The molecular formula is C14H19F3N2O3. The Morgan fingerprint density at radius 2 is 1.95 bits per heavy atom. The van der Waals surface area contributed by atoms with Crippen LogP contribution in [-0.4, -0.2) is 48.5 Å². The zero-order chi connectivity index (χ0) is 16.8. The van der Waals surface area contributed by atoms with Crippen molar-refractivity contribution in [3.63, 3.8) is 0 Å². The molecule has 0 saturated carbocycles. The molecule has 0 aliphatic carbocycles. The number of likely N-dealkylation sites (N-methyl/N-ethyl adjacent to an activating group) is 1. The molecule has 8 heteroatoms. The summed E-state index contributed by atoms with van der Waals surface area (Å²) >= 11 is 0. The van der Waals surface area contributed by atoms with Crippen LogP contribution in [0.5, 0.6) is 5.75 Å². The Balaban J connectivity index is 2.43. The first-order valence-corrected chi connectivity index (χ1v) is 6.63. The maximum Gasteiger partial charge on any atom is 0.422 e. The van der Waals surface area contributed by atoms with E-state index in [-0.39, 0.29) is 24.9 Å². The van der Waals surface area contributed by atoms with E-state index in [1.54, 1.807) is 26.1 Å². The van der Waals surface area contributed by atoms with Crippen LogP contribution in [0.2, 0.25) is 0 Å². The van der Waals surface area contributed by atoms with Gasteiger partial charge in [0.05, 0.1) is 6.10 Å². The fourth-order valence-corrected chi connectivity index (χ4v) is 1.66. The number of aliphatic hydroxyl groups is 1. The van der Waals surface area contributed by atoms with E-state index >= 15 is 0 Å². The molecule has 0 fully saturated rings. The molecular weight excluding hydrogens is 301 g/mol. The van der Waals surface area contributed by atoms with Crippen molar-refractivity contribution < 1.29 is 27.8 Å². The number of nitrogens with one attached hydrogen (secondary N) is 1. The number of nitrogens with zero attached hydrogens (tertiary/aromatic N) is 1. The number of carbonyl (C=O) groups excluding carboxylic acids is 1. The second kappa shape index (κ2) is 7.88. The topological polar surface area (TPSA) is 61.8 Å². The standard InChI is InChI=1S/C14H19F3N2O3/c1-10(20)8-19(2)13(21)18-7-11-3-5-12(6-4-11)22-9-14(15,16)17/h3-6,10,20H,7-9H2,1-2H3,(H,18,21). The van der Waals surface area contributed by atoms with Crippen molar-refractivity contribution in [3.8, 4) is 5.75 Å². The lowest BCUT2D eigenvalue weighted by atomic mass is 10.2. The summed E-state index contributed by atoms with van der Waals surface area (Å²) in [7, 11) is 1.55. The van der Waals surface area contributed by atoms with E-state index in [9.17, 15) is 23.1 Å². The van der Waals surface area contributed by atoms with Crippen LogP contribution in [0.15, 0.2) is 24.3 Å². The number of hydrogen-bond donors (Lipinski definition) is 2. The van der Waals surface area contributed by atoms with E-state index in [4.69, 9.17) is 0 Å². The number of benzene rings is 1. The molecule has 1 rings (SSSR count). The minimum Gasteiger partial charge on any atom is -0.484 e. The van der Waals surface area contributed by atoms with E-state index in [2.05, 4.69) is 10.1 Å². The van der Waals surface area contributed by atoms with Crippen molar-refractivity contribution in [3.05, 3.63) is 29.8 Å². The molecule has 1 aromatic carbocycles. The number of carbonyl (C=O) groups is 1. The van der Waals surface area contributed by atoms with Gasteiger partial charge in [-0.05, 0) is 24.6 Å². The van der Waals surface area contributed by atoms with Crippen LogP contribution in [0.25, 0.3) is 0 Å². The van der Waals surface area contributed by atoms with Gasteiger partial charge in [0.1, 0.15) is 5.75 Å². The minimum absolute atomic E-state index is 0.110. The highest BCUT2D eigenvalue weighted by molar-refractivity contribution is 5.73. The summed E-state index contributed by atoms with van der Waals surface area (Å²) in [6, 6.07) is 5.61. The number of halogens is 3. The van der Waals surface area contributed by atoms with Crippen LogP contribution < -0.4 is 10.1 Å². The Morgan fingerprint density at radius 3 is 2.45 bits per heavy atom. The molecule has 0 aromatic heterocycles. The van der Waals surface area contributed by atoms with Crippen molar-refractivity contribution in [2.45, 2.75) is 25.7 Å². The summed E-state index contributed by atoms with van der Waals surface area (Å²) in [6.07, 6.45) is -5.00. The zero-order valence-electron chi connectivity index (χ0n) is 12.4. The lowest BCUT2D eigenvalue weighted by molar-refractivity contribution is -0.153. The van der Waals surface area contributed by atoms with Gasteiger partial charge in [0, 0.05) is 20.1 Å². The van der Waals surface area contributed by atoms with Crippen molar-refractivity contribution in [1.82, 2.24) is 10.2 Å². The number of aliphatic hydroxyl groups excluding tert-OH is 1. The van der Waals surface area contributed by atoms with Crippen LogP contribution in [0.1, 0.15) is 12.5 Å².